The zero-order valence-electron chi connectivity index (χ0n) is 11.1. The highest BCUT2D eigenvalue weighted by Gasteiger charge is 2.25. The average molecular weight is 297 g/mol. The van der Waals surface area contributed by atoms with E-state index in [1.807, 2.05) is 12.2 Å². The Morgan fingerprint density at radius 1 is 1.33 bits per heavy atom. The standard InChI is InChI=1S/C14H13F2NO4/c1-7-2-3-10-8(4-7)5-11(21-10)13(18)17-9(14(19)20)6-12(15)16/h2-5,9,12H,6H2,1H3,(H,17,18)(H,19,20). The molecule has 0 bridgehead atoms. The number of halogens is 2. The number of carbonyl (C=O) groups excluding carboxylic acids is 1. The van der Waals surface area contributed by atoms with Crippen molar-refractivity contribution in [2.24, 2.45) is 0 Å². The van der Waals surface area contributed by atoms with Crippen LogP contribution in [0.15, 0.2) is 28.7 Å². The summed E-state index contributed by atoms with van der Waals surface area (Å²) in [5.74, 6) is -2.47. The number of aryl methyl sites for hydroxylation is 1. The lowest BCUT2D eigenvalue weighted by molar-refractivity contribution is -0.140. The van der Waals surface area contributed by atoms with Crippen LogP contribution in [-0.4, -0.2) is 29.5 Å². The number of fused-ring (bicyclic) bond motifs is 1. The number of hydrogen-bond acceptors (Lipinski definition) is 3. The second kappa shape index (κ2) is 5.90. The molecule has 2 N–H and O–H groups in total. The van der Waals surface area contributed by atoms with E-state index < -0.39 is 30.8 Å². The largest absolute Gasteiger partial charge is 0.480 e. The predicted octanol–water partition coefficient (Wildman–Crippen LogP) is 2.58. The Hall–Kier alpha value is -2.44. The summed E-state index contributed by atoms with van der Waals surface area (Å²) in [6.45, 7) is 1.87. The lowest BCUT2D eigenvalue weighted by atomic mass is 10.2. The molecular formula is C14H13F2NO4. The molecule has 1 atom stereocenters. The maximum Gasteiger partial charge on any atom is 0.326 e. The van der Waals surface area contributed by atoms with Crippen LogP contribution >= 0.6 is 0 Å². The van der Waals surface area contributed by atoms with Crippen molar-refractivity contribution >= 4 is 22.8 Å². The summed E-state index contributed by atoms with van der Waals surface area (Å²) < 4.78 is 29.8. The quantitative estimate of drug-likeness (QED) is 0.889. The molecule has 0 saturated carbocycles. The molecule has 5 nitrogen and oxygen atoms in total. The van der Waals surface area contributed by atoms with Crippen molar-refractivity contribution in [3.05, 3.63) is 35.6 Å². The number of alkyl halides is 2. The molecule has 0 aliphatic carbocycles. The fraction of sp³-hybridized carbons (Fsp3) is 0.286. The van der Waals surface area contributed by atoms with Crippen molar-refractivity contribution in [2.75, 3.05) is 0 Å². The fourth-order valence-corrected chi connectivity index (χ4v) is 1.90. The number of amides is 1. The number of nitrogens with one attached hydrogen (secondary N) is 1. The minimum atomic E-state index is -2.83. The Bertz CT molecular complexity index is 681. The van der Waals surface area contributed by atoms with Crippen LogP contribution in [0.1, 0.15) is 22.5 Å². The normalized spacial score (nSPS) is 12.6. The van der Waals surface area contributed by atoms with Crippen molar-refractivity contribution in [3.8, 4) is 0 Å². The SMILES string of the molecule is Cc1ccc2oc(C(=O)NC(CC(F)F)C(=O)O)cc2c1. The van der Waals surface area contributed by atoms with Gasteiger partial charge in [0, 0.05) is 11.8 Å². The van der Waals surface area contributed by atoms with Crippen molar-refractivity contribution in [1.82, 2.24) is 5.32 Å². The van der Waals surface area contributed by atoms with Gasteiger partial charge in [-0.2, -0.15) is 0 Å². The molecular weight excluding hydrogens is 284 g/mol. The van der Waals surface area contributed by atoms with Gasteiger partial charge >= 0.3 is 5.97 Å². The third kappa shape index (κ3) is 3.56. The second-order valence-corrected chi connectivity index (χ2v) is 4.64. The number of benzene rings is 1. The number of aliphatic carboxylic acids is 1. The molecule has 0 radical (unpaired) electrons. The van der Waals surface area contributed by atoms with Crippen molar-refractivity contribution < 1.29 is 27.9 Å². The first kappa shape index (κ1) is 15.0. The third-order valence-electron chi connectivity index (χ3n) is 2.91. The summed E-state index contributed by atoms with van der Waals surface area (Å²) in [6, 6.07) is 5.05. The van der Waals surface area contributed by atoms with Crippen LogP contribution < -0.4 is 5.32 Å². The Balaban J connectivity index is 2.19. The summed E-state index contributed by atoms with van der Waals surface area (Å²) in [4.78, 5) is 22.7. The highest BCUT2D eigenvalue weighted by Crippen LogP contribution is 2.20. The maximum absolute atomic E-state index is 12.3. The molecule has 112 valence electrons. The Morgan fingerprint density at radius 2 is 2.05 bits per heavy atom. The van der Waals surface area contributed by atoms with E-state index in [1.165, 1.54) is 6.07 Å². The van der Waals surface area contributed by atoms with Gasteiger partial charge in [0.15, 0.2) is 5.76 Å². The van der Waals surface area contributed by atoms with Crippen LogP contribution in [0.2, 0.25) is 0 Å². The number of carboxylic acids is 1. The molecule has 0 saturated heterocycles. The van der Waals surface area contributed by atoms with Gasteiger partial charge in [-0.25, -0.2) is 13.6 Å². The zero-order valence-corrected chi connectivity index (χ0v) is 11.1. The van der Waals surface area contributed by atoms with Crippen LogP contribution in [0.4, 0.5) is 8.78 Å². The van der Waals surface area contributed by atoms with Gasteiger partial charge in [-0.05, 0) is 25.1 Å². The molecule has 0 spiro atoms. The van der Waals surface area contributed by atoms with Gasteiger partial charge in [-0.3, -0.25) is 4.79 Å². The van der Waals surface area contributed by atoms with E-state index in [2.05, 4.69) is 0 Å². The molecule has 1 heterocycles. The molecule has 0 fully saturated rings. The van der Waals surface area contributed by atoms with E-state index >= 15 is 0 Å². The number of hydrogen-bond donors (Lipinski definition) is 2. The molecule has 1 aromatic heterocycles. The van der Waals surface area contributed by atoms with E-state index in [0.29, 0.717) is 11.0 Å². The molecule has 1 aromatic carbocycles. The van der Waals surface area contributed by atoms with Crippen LogP contribution in [-0.2, 0) is 4.79 Å². The number of rotatable bonds is 5. The lowest BCUT2D eigenvalue weighted by Crippen LogP contribution is -2.41. The summed E-state index contributed by atoms with van der Waals surface area (Å²) >= 11 is 0. The summed E-state index contributed by atoms with van der Waals surface area (Å²) in [6.07, 6.45) is -3.79. The van der Waals surface area contributed by atoms with Gasteiger partial charge in [0.05, 0.1) is 0 Å². The molecule has 1 amide bonds. The molecule has 0 aliphatic rings. The first-order chi connectivity index (χ1) is 9.86. The first-order valence-electron chi connectivity index (χ1n) is 6.19. The number of furan rings is 1. The molecule has 2 rings (SSSR count). The zero-order chi connectivity index (χ0) is 15.6. The summed E-state index contributed by atoms with van der Waals surface area (Å²) in [5.41, 5.74) is 1.43. The van der Waals surface area contributed by atoms with Crippen molar-refractivity contribution in [2.45, 2.75) is 25.8 Å². The lowest BCUT2D eigenvalue weighted by Gasteiger charge is -2.12. The smallest absolute Gasteiger partial charge is 0.326 e. The monoisotopic (exact) mass is 297 g/mol. The van der Waals surface area contributed by atoms with Gasteiger partial charge in [0.1, 0.15) is 11.6 Å². The van der Waals surface area contributed by atoms with E-state index in [1.54, 1.807) is 18.2 Å². The van der Waals surface area contributed by atoms with E-state index in [-0.39, 0.29) is 5.76 Å². The second-order valence-electron chi connectivity index (χ2n) is 4.64. The summed E-state index contributed by atoms with van der Waals surface area (Å²) in [5, 5.41) is 11.5. The minimum Gasteiger partial charge on any atom is -0.480 e. The predicted molar refractivity (Wildman–Crippen MR) is 70.5 cm³/mol. The van der Waals surface area contributed by atoms with Crippen LogP contribution in [0.25, 0.3) is 11.0 Å². The van der Waals surface area contributed by atoms with Gasteiger partial charge < -0.3 is 14.8 Å². The molecule has 21 heavy (non-hydrogen) atoms. The third-order valence-corrected chi connectivity index (χ3v) is 2.91. The minimum absolute atomic E-state index is 0.115. The van der Waals surface area contributed by atoms with Crippen molar-refractivity contribution in [1.29, 1.82) is 0 Å². The van der Waals surface area contributed by atoms with Gasteiger partial charge in [-0.1, -0.05) is 11.6 Å². The molecule has 2 aromatic rings. The Morgan fingerprint density at radius 3 is 2.67 bits per heavy atom. The van der Waals surface area contributed by atoms with Crippen LogP contribution in [0, 0.1) is 6.92 Å². The van der Waals surface area contributed by atoms with Crippen molar-refractivity contribution in [3.63, 3.8) is 0 Å². The highest BCUT2D eigenvalue weighted by molar-refractivity contribution is 5.98. The van der Waals surface area contributed by atoms with E-state index in [4.69, 9.17) is 9.52 Å². The first-order valence-corrected chi connectivity index (χ1v) is 6.19. The number of carbonyl (C=O) groups is 2. The molecule has 1 unspecified atom stereocenters. The molecule has 0 aliphatic heterocycles. The summed E-state index contributed by atoms with van der Waals surface area (Å²) in [7, 11) is 0. The van der Waals surface area contributed by atoms with Gasteiger partial charge in [-0.15, -0.1) is 0 Å². The topological polar surface area (TPSA) is 79.5 Å². The Kier molecular flexibility index (Phi) is 4.21. The van der Waals surface area contributed by atoms with Crippen LogP contribution in [0.3, 0.4) is 0 Å². The van der Waals surface area contributed by atoms with E-state index in [0.717, 1.165) is 5.56 Å². The van der Waals surface area contributed by atoms with E-state index in [9.17, 15) is 18.4 Å². The highest BCUT2D eigenvalue weighted by atomic mass is 19.3. The fourth-order valence-electron chi connectivity index (χ4n) is 1.90. The number of carboxylic acid groups (broad SMARTS) is 1. The van der Waals surface area contributed by atoms with Gasteiger partial charge in [0.2, 0.25) is 6.43 Å². The average Bonchev–Trinajstić information content (AvgIpc) is 2.80. The van der Waals surface area contributed by atoms with Crippen LogP contribution in [0.5, 0.6) is 0 Å². The van der Waals surface area contributed by atoms with Gasteiger partial charge in [0.25, 0.3) is 5.91 Å². The Labute approximate surface area is 118 Å². The molecule has 7 heteroatoms. The maximum atomic E-state index is 12.3.